The van der Waals surface area contributed by atoms with Crippen LogP contribution in [0.25, 0.3) is 0 Å². The minimum Gasteiger partial charge on any atom is -0.401 e. The van der Waals surface area contributed by atoms with Gasteiger partial charge in [0.05, 0.1) is 11.5 Å². The van der Waals surface area contributed by atoms with Gasteiger partial charge in [-0.1, -0.05) is 12.0 Å². The number of imide groups is 1. The van der Waals surface area contributed by atoms with Crippen LogP contribution in [0.1, 0.15) is 31.7 Å². The summed E-state index contributed by atoms with van der Waals surface area (Å²) in [5.41, 5.74) is 6.50. The number of alkyl halides is 1. The molecule has 6 nitrogen and oxygen atoms in total. The summed E-state index contributed by atoms with van der Waals surface area (Å²) in [5, 5.41) is 3.26. The molecule has 3 heterocycles. The Morgan fingerprint density at radius 2 is 2.29 bits per heavy atom. The lowest BCUT2D eigenvalue weighted by Gasteiger charge is -2.38. The zero-order valence-corrected chi connectivity index (χ0v) is 12.4. The van der Waals surface area contributed by atoms with Gasteiger partial charge in [0, 0.05) is 30.3 Å². The summed E-state index contributed by atoms with van der Waals surface area (Å²) in [6, 6.07) is 0. The van der Waals surface area contributed by atoms with Crippen LogP contribution >= 0.6 is 11.3 Å². The number of piperidine rings is 1. The first-order valence-electron chi connectivity index (χ1n) is 6.82. The Labute approximate surface area is 125 Å². The average Bonchev–Trinajstić information content (AvgIpc) is 3.03. The summed E-state index contributed by atoms with van der Waals surface area (Å²) in [7, 11) is 0. The Hall–Kier alpha value is -1.67. The summed E-state index contributed by atoms with van der Waals surface area (Å²) in [6.07, 6.45) is 0.386. The molecule has 8 heteroatoms. The van der Waals surface area contributed by atoms with Crippen LogP contribution in [0, 0.1) is 0 Å². The summed E-state index contributed by atoms with van der Waals surface area (Å²) in [5.74, 6) is -3.00. The second-order valence-corrected chi connectivity index (χ2v) is 6.09. The highest BCUT2D eigenvalue weighted by Crippen LogP contribution is 2.43. The van der Waals surface area contributed by atoms with Gasteiger partial charge in [-0.2, -0.15) is 0 Å². The zero-order valence-electron chi connectivity index (χ0n) is 11.6. The largest absolute Gasteiger partial charge is 0.401 e. The summed E-state index contributed by atoms with van der Waals surface area (Å²) < 4.78 is 15.2. The van der Waals surface area contributed by atoms with Gasteiger partial charge in [0.15, 0.2) is 5.75 Å². The number of halogens is 1. The van der Waals surface area contributed by atoms with Gasteiger partial charge in [0.1, 0.15) is 0 Å². The minimum absolute atomic E-state index is 0.00950. The van der Waals surface area contributed by atoms with Crippen LogP contribution in [0.2, 0.25) is 0 Å². The number of nitrogens with zero attached hydrogens (tertiary/aromatic N) is 2. The second-order valence-electron chi connectivity index (χ2n) is 5.18. The molecule has 2 aliphatic rings. The zero-order chi connectivity index (χ0) is 15.2. The number of hydrogen-bond donors (Lipinski definition) is 1. The molecule has 21 heavy (non-hydrogen) atoms. The third-order valence-electron chi connectivity index (χ3n) is 3.78. The number of carbonyl (C=O) groups excluding carboxylic acids is 2. The van der Waals surface area contributed by atoms with Gasteiger partial charge in [-0.15, -0.1) is 11.3 Å². The smallest absolute Gasteiger partial charge is 0.285 e. The van der Waals surface area contributed by atoms with Gasteiger partial charge in [0.2, 0.25) is 5.91 Å². The van der Waals surface area contributed by atoms with E-state index in [9.17, 15) is 9.59 Å². The number of hydroxylamine groups is 2. The van der Waals surface area contributed by atoms with E-state index in [0.717, 1.165) is 9.96 Å². The molecular weight excluding hydrogens is 297 g/mol. The van der Waals surface area contributed by atoms with Gasteiger partial charge in [-0.25, -0.2) is 4.39 Å². The first-order valence-corrected chi connectivity index (χ1v) is 7.70. The van der Waals surface area contributed by atoms with Crippen molar-refractivity contribution < 1.29 is 18.8 Å². The number of nitrogens with two attached hydrogens (primary N) is 1. The monoisotopic (exact) mass is 313 g/mol. The number of thiophene rings is 1. The molecule has 1 aromatic rings. The quantitative estimate of drug-likeness (QED) is 0.678. The average molecular weight is 313 g/mol. The van der Waals surface area contributed by atoms with E-state index < -0.39 is 11.7 Å². The van der Waals surface area contributed by atoms with Gasteiger partial charge in [0.25, 0.3) is 11.7 Å². The molecule has 3 rings (SSSR count). The van der Waals surface area contributed by atoms with E-state index in [1.807, 2.05) is 6.92 Å². The van der Waals surface area contributed by atoms with Crippen molar-refractivity contribution >= 4 is 28.2 Å². The van der Waals surface area contributed by atoms with E-state index in [4.69, 9.17) is 10.6 Å². The number of carbonyl (C=O) groups is 2. The third kappa shape index (κ3) is 2.09. The first kappa shape index (κ1) is 14.3. The van der Waals surface area contributed by atoms with Crippen LogP contribution in [0.4, 0.5) is 9.39 Å². The number of likely N-dealkylation sites (tertiary alicyclic amines) is 1. The van der Waals surface area contributed by atoms with Crippen molar-refractivity contribution in [2.24, 2.45) is 0 Å². The fraction of sp³-hybridized carbons (Fsp3) is 0.538. The lowest BCUT2D eigenvalue weighted by atomic mass is 10.0. The van der Waals surface area contributed by atoms with Crippen LogP contribution in [-0.2, 0) is 16.1 Å². The third-order valence-corrected chi connectivity index (χ3v) is 4.62. The molecule has 1 fully saturated rings. The molecule has 0 aromatic carbocycles. The van der Waals surface area contributed by atoms with Crippen LogP contribution < -0.4 is 10.6 Å². The molecule has 0 spiro atoms. The maximum atomic E-state index is 15.2. The standard InChI is InChI=1S/C13H16FN3O3S/c1-2-5-16-10(18)3-4-13(14,12(16)19)17-6-8-9(20-17)7-21-11(8)15/h7H,2-6,15H2,1H3/t13-/m0/s1. The molecule has 1 saturated heterocycles. The van der Waals surface area contributed by atoms with E-state index in [1.54, 1.807) is 5.38 Å². The van der Waals surface area contributed by atoms with Crippen molar-refractivity contribution in [3.05, 3.63) is 10.9 Å². The fourth-order valence-electron chi connectivity index (χ4n) is 2.62. The summed E-state index contributed by atoms with van der Waals surface area (Å²) in [4.78, 5) is 30.6. The Balaban J connectivity index is 1.84. The summed E-state index contributed by atoms with van der Waals surface area (Å²) >= 11 is 1.32. The van der Waals surface area contributed by atoms with Crippen molar-refractivity contribution in [2.45, 2.75) is 38.5 Å². The molecule has 0 aliphatic carbocycles. The Morgan fingerprint density at radius 1 is 1.52 bits per heavy atom. The normalized spacial score (nSPS) is 26.1. The lowest BCUT2D eigenvalue weighted by molar-refractivity contribution is -0.218. The highest BCUT2D eigenvalue weighted by Gasteiger charge is 2.55. The lowest BCUT2D eigenvalue weighted by Crippen LogP contribution is -2.61. The number of amides is 2. The molecule has 1 aromatic heterocycles. The molecule has 2 aliphatic heterocycles. The maximum Gasteiger partial charge on any atom is 0.285 e. The van der Waals surface area contributed by atoms with Gasteiger partial charge < -0.3 is 10.6 Å². The van der Waals surface area contributed by atoms with Crippen molar-refractivity contribution in [2.75, 3.05) is 12.3 Å². The van der Waals surface area contributed by atoms with Crippen molar-refractivity contribution in [3.63, 3.8) is 0 Å². The van der Waals surface area contributed by atoms with E-state index in [0.29, 0.717) is 22.7 Å². The molecule has 114 valence electrons. The van der Waals surface area contributed by atoms with Crippen molar-refractivity contribution in [1.29, 1.82) is 0 Å². The van der Waals surface area contributed by atoms with E-state index >= 15 is 4.39 Å². The van der Waals surface area contributed by atoms with Crippen LogP contribution in [0.15, 0.2) is 5.38 Å². The van der Waals surface area contributed by atoms with Crippen molar-refractivity contribution in [1.82, 2.24) is 9.96 Å². The van der Waals surface area contributed by atoms with E-state index in [2.05, 4.69) is 0 Å². The van der Waals surface area contributed by atoms with E-state index in [1.165, 1.54) is 11.3 Å². The van der Waals surface area contributed by atoms with Crippen LogP contribution in [0.5, 0.6) is 5.75 Å². The van der Waals surface area contributed by atoms with Gasteiger partial charge >= 0.3 is 0 Å². The minimum atomic E-state index is -2.31. The molecule has 1 atom stereocenters. The van der Waals surface area contributed by atoms with Crippen LogP contribution in [-0.4, -0.2) is 34.1 Å². The predicted molar refractivity (Wildman–Crippen MR) is 75.0 cm³/mol. The molecule has 2 amide bonds. The van der Waals surface area contributed by atoms with Crippen LogP contribution in [0.3, 0.4) is 0 Å². The number of fused-ring (bicyclic) bond motifs is 1. The number of rotatable bonds is 3. The van der Waals surface area contributed by atoms with Crippen molar-refractivity contribution in [3.8, 4) is 5.75 Å². The highest BCUT2D eigenvalue weighted by atomic mass is 32.1. The second kappa shape index (κ2) is 4.96. The number of nitrogen functional groups attached to an aromatic ring is 1. The fourth-order valence-corrected chi connectivity index (χ4v) is 3.35. The summed E-state index contributed by atoms with van der Waals surface area (Å²) in [6.45, 7) is 2.17. The van der Waals surface area contributed by atoms with Gasteiger partial charge in [-0.05, 0) is 6.42 Å². The topological polar surface area (TPSA) is 75.9 Å². The molecule has 0 bridgehead atoms. The number of anilines is 1. The SMILES string of the molecule is CCCN1C(=O)CC[C@](F)(N2Cc3c(csc3N)O2)C1=O. The highest BCUT2D eigenvalue weighted by molar-refractivity contribution is 7.14. The van der Waals surface area contributed by atoms with Gasteiger partial charge in [-0.3, -0.25) is 14.5 Å². The maximum absolute atomic E-state index is 15.2. The molecule has 0 saturated carbocycles. The van der Waals surface area contributed by atoms with E-state index in [-0.39, 0.29) is 31.8 Å². The Morgan fingerprint density at radius 3 is 2.95 bits per heavy atom. The predicted octanol–water partition coefficient (Wildman–Crippen LogP) is 1.66. The Bertz CT molecular complexity index is 605. The number of hydrogen-bond acceptors (Lipinski definition) is 6. The Kier molecular flexibility index (Phi) is 3.37. The molecular formula is C13H16FN3O3S. The first-order chi connectivity index (χ1) is 9.97. The molecule has 2 N–H and O–H groups in total. The molecule has 0 radical (unpaired) electrons. The molecule has 0 unspecified atom stereocenters.